The minimum Gasteiger partial charge on any atom is -0.492 e. The van der Waals surface area contributed by atoms with Crippen LogP contribution in [-0.4, -0.2) is 23.1 Å². The highest BCUT2D eigenvalue weighted by atomic mass is 35.5. The first kappa shape index (κ1) is 21.0. The molecule has 1 atom stereocenters. The van der Waals surface area contributed by atoms with Gasteiger partial charge in [-0.3, -0.25) is 0 Å². The molecule has 31 heavy (non-hydrogen) atoms. The summed E-state index contributed by atoms with van der Waals surface area (Å²) < 4.78 is 5.74. The number of nitrogens with two attached hydrogens (primary N) is 1. The van der Waals surface area contributed by atoms with Gasteiger partial charge < -0.3 is 15.8 Å². The minimum absolute atomic E-state index is 0.262. The van der Waals surface area contributed by atoms with Crippen LogP contribution in [0.15, 0.2) is 48.5 Å². The van der Waals surface area contributed by atoms with Crippen molar-refractivity contribution < 1.29 is 4.74 Å². The van der Waals surface area contributed by atoms with E-state index < -0.39 is 0 Å². The van der Waals surface area contributed by atoms with Crippen LogP contribution in [0.5, 0.6) is 5.75 Å². The van der Waals surface area contributed by atoms with E-state index in [0.29, 0.717) is 23.6 Å². The Hall–Kier alpha value is -3.30. The topological polar surface area (TPSA) is 96.9 Å². The first-order valence-corrected chi connectivity index (χ1v) is 10.8. The summed E-state index contributed by atoms with van der Waals surface area (Å²) in [7, 11) is 0. The van der Waals surface area contributed by atoms with Crippen molar-refractivity contribution in [2.75, 3.05) is 24.2 Å². The van der Waals surface area contributed by atoms with E-state index in [4.69, 9.17) is 27.3 Å². The zero-order valence-electron chi connectivity index (χ0n) is 17.1. The number of anilines is 2. The number of fused-ring (bicyclic) bond motifs is 1. The van der Waals surface area contributed by atoms with Gasteiger partial charge in [-0.2, -0.15) is 5.26 Å². The molecule has 3 aromatic rings. The fraction of sp³-hybridized carbons (Fsp3) is 0.292. The van der Waals surface area contributed by atoms with Gasteiger partial charge in [0.15, 0.2) is 0 Å². The SMILES string of the molecule is N#Cc1ccc(N)cc1OCCCCNc1nc(Cl)nc2c1CCC2c1ccccc1. The molecule has 1 aliphatic rings. The Morgan fingerprint density at radius 3 is 2.81 bits per heavy atom. The van der Waals surface area contributed by atoms with Gasteiger partial charge in [-0.15, -0.1) is 0 Å². The number of rotatable bonds is 8. The van der Waals surface area contributed by atoms with Gasteiger partial charge in [0.2, 0.25) is 5.28 Å². The molecule has 3 N–H and O–H groups in total. The van der Waals surface area contributed by atoms with Gasteiger partial charge in [-0.25, -0.2) is 9.97 Å². The van der Waals surface area contributed by atoms with Crippen molar-refractivity contribution in [1.82, 2.24) is 9.97 Å². The Morgan fingerprint density at radius 1 is 1.16 bits per heavy atom. The number of hydrogen-bond acceptors (Lipinski definition) is 6. The average Bonchev–Trinajstić information content (AvgIpc) is 3.20. The van der Waals surface area contributed by atoms with E-state index >= 15 is 0 Å². The number of nitriles is 1. The predicted molar refractivity (Wildman–Crippen MR) is 122 cm³/mol. The zero-order valence-corrected chi connectivity index (χ0v) is 17.9. The largest absolute Gasteiger partial charge is 0.492 e. The molecule has 0 radical (unpaired) electrons. The van der Waals surface area contributed by atoms with Crippen LogP contribution in [0.4, 0.5) is 11.5 Å². The molecule has 0 fully saturated rings. The maximum absolute atomic E-state index is 9.16. The molecule has 4 rings (SSSR count). The predicted octanol–water partition coefficient (Wildman–Crippen LogP) is 4.93. The van der Waals surface area contributed by atoms with Crippen molar-refractivity contribution in [2.24, 2.45) is 0 Å². The molecule has 1 unspecified atom stereocenters. The fourth-order valence-electron chi connectivity index (χ4n) is 3.96. The standard InChI is InChI=1S/C24H24ClN5O/c25-24-29-22-19(16-6-2-1-3-7-16)10-11-20(22)23(30-24)28-12-4-5-13-31-21-14-18(27)9-8-17(21)15-26/h1-3,6-9,14,19H,4-5,10-13,27H2,(H,28,29,30). The number of nitrogens with one attached hydrogen (secondary N) is 1. The molecule has 0 aliphatic heterocycles. The molecular weight excluding hydrogens is 410 g/mol. The lowest BCUT2D eigenvalue weighted by atomic mass is 9.97. The molecule has 1 heterocycles. The van der Waals surface area contributed by atoms with Gasteiger partial charge in [0, 0.05) is 29.8 Å². The Balaban J connectivity index is 1.32. The van der Waals surface area contributed by atoms with E-state index in [1.807, 2.05) is 6.07 Å². The molecule has 158 valence electrons. The average molecular weight is 434 g/mol. The molecule has 0 saturated heterocycles. The van der Waals surface area contributed by atoms with Crippen molar-refractivity contribution >= 4 is 23.1 Å². The van der Waals surface area contributed by atoms with Crippen LogP contribution in [-0.2, 0) is 6.42 Å². The summed E-state index contributed by atoms with van der Waals surface area (Å²) in [6.45, 7) is 1.26. The lowest BCUT2D eigenvalue weighted by Crippen LogP contribution is -2.10. The number of nitrogen functional groups attached to an aromatic ring is 1. The highest BCUT2D eigenvalue weighted by Crippen LogP contribution is 2.40. The number of ether oxygens (including phenoxy) is 1. The number of halogens is 1. The number of unbranched alkanes of at least 4 members (excludes halogenated alkanes) is 1. The van der Waals surface area contributed by atoms with Gasteiger partial charge in [0.05, 0.1) is 17.9 Å². The molecule has 0 saturated carbocycles. The quantitative estimate of drug-likeness (QED) is 0.297. The summed E-state index contributed by atoms with van der Waals surface area (Å²) in [6.07, 6.45) is 3.67. The molecule has 6 nitrogen and oxygen atoms in total. The molecule has 0 spiro atoms. The van der Waals surface area contributed by atoms with E-state index in [1.54, 1.807) is 18.2 Å². The second-order valence-corrected chi connectivity index (χ2v) is 7.89. The number of nitrogens with zero attached hydrogens (tertiary/aromatic N) is 3. The van der Waals surface area contributed by atoms with Crippen molar-refractivity contribution in [1.29, 1.82) is 5.26 Å². The van der Waals surface area contributed by atoms with Crippen LogP contribution in [0.3, 0.4) is 0 Å². The third-order valence-electron chi connectivity index (χ3n) is 5.47. The van der Waals surface area contributed by atoms with Crippen LogP contribution in [0, 0.1) is 11.3 Å². The smallest absolute Gasteiger partial charge is 0.224 e. The third-order valence-corrected chi connectivity index (χ3v) is 5.64. The first-order chi connectivity index (χ1) is 15.2. The van der Waals surface area contributed by atoms with Gasteiger partial charge in [0.1, 0.15) is 17.6 Å². The van der Waals surface area contributed by atoms with Crippen LogP contribution >= 0.6 is 11.6 Å². The minimum atomic E-state index is 0.262. The Bertz CT molecular complexity index is 1100. The Labute approximate surface area is 187 Å². The lowest BCUT2D eigenvalue weighted by molar-refractivity contribution is 0.308. The van der Waals surface area contributed by atoms with Crippen LogP contribution in [0.25, 0.3) is 0 Å². The van der Waals surface area contributed by atoms with E-state index in [1.165, 1.54) is 5.56 Å². The molecule has 0 amide bonds. The Morgan fingerprint density at radius 2 is 2.00 bits per heavy atom. The van der Waals surface area contributed by atoms with Crippen molar-refractivity contribution in [3.8, 4) is 11.8 Å². The van der Waals surface area contributed by atoms with Crippen molar-refractivity contribution in [2.45, 2.75) is 31.6 Å². The van der Waals surface area contributed by atoms with E-state index in [-0.39, 0.29) is 11.2 Å². The van der Waals surface area contributed by atoms with E-state index in [0.717, 1.165) is 49.3 Å². The van der Waals surface area contributed by atoms with E-state index in [2.05, 4.69) is 45.6 Å². The van der Waals surface area contributed by atoms with Crippen LogP contribution in [0.1, 0.15) is 47.6 Å². The molecule has 1 aromatic heterocycles. The van der Waals surface area contributed by atoms with E-state index in [9.17, 15) is 0 Å². The summed E-state index contributed by atoms with van der Waals surface area (Å²) in [5, 5.41) is 12.9. The molecule has 2 aromatic carbocycles. The number of hydrogen-bond donors (Lipinski definition) is 2. The highest BCUT2D eigenvalue weighted by Gasteiger charge is 2.29. The summed E-state index contributed by atoms with van der Waals surface area (Å²) >= 11 is 6.23. The maximum atomic E-state index is 9.16. The zero-order chi connectivity index (χ0) is 21.6. The molecule has 0 bridgehead atoms. The van der Waals surface area contributed by atoms with Crippen molar-refractivity contribution in [3.63, 3.8) is 0 Å². The van der Waals surface area contributed by atoms with Crippen molar-refractivity contribution in [3.05, 3.63) is 76.2 Å². The summed E-state index contributed by atoms with van der Waals surface area (Å²) in [4.78, 5) is 8.98. The monoisotopic (exact) mass is 433 g/mol. The lowest BCUT2D eigenvalue weighted by Gasteiger charge is -2.14. The maximum Gasteiger partial charge on any atom is 0.224 e. The molecule has 7 heteroatoms. The second kappa shape index (κ2) is 9.67. The fourth-order valence-corrected chi connectivity index (χ4v) is 4.13. The van der Waals surface area contributed by atoms with Gasteiger partial charge >= 0.3 is 0 Å². The number of benzene rings is 2. The Kier molecular flexibility index (Phi) is 6.54. The summed E-state index contributed by atoms with van der Waals surface area (Å²) in [5.74, 6) is 1.62. The molecule has 1 aliphatic carbocycles. The summed E-state index contributed by atoms with van der Waals surface area (Å²) in [6, 6.07) is 17.6. The number of aromatic nitrogens is 2. The van der Waals surface area contributed by atoms with Crippen LogP contribution in [0.2, 0.25) is 5.28 Å². The second-order valence-electron chi connectivity index (χ2n) is 7.56. The summed E-state index contributed by atoms with van der Waals surface area (Å²) in [5.41, 5.74) is 10.3. The van der Waals surface area contributed by atoms with Gasteiger partial charge in [-0.05, 0) is 55.0 Å². The van der Waals surface area contributed by atoms with Gasteiger partial charge in [0.25, 0.3) is 0 Å². The first-order valence-electron chi connectivity index (χ1n) is 10.4. The normalized spacial score (nSPS) is 14.6. The molecular formula is C24H24ClN5O. The van der Waals surface area contributed by atoms with Gasteiger partial charge in [-0.1, -0.05) is 30.3 Å². The highest BCUT2D eigenvalue weighted by molar-refractivity contribution is 6.28. The third kappa shape index (κ3) is 4.89. The van der Waals surface area contributed by atoms with Crippen LogP contribution < -0.4 is 15.8 Å².